The predicted octanol–water partition coefficient (Wildman–Crippen LogP) is 3.72. The molecule has 0 aliphatic carbocycles. The number of benzene rings is 3. The largest absolute Gasteiger partial charge is 0.465 e. The Kier molecular flexibility index (Phi) is 8.23. The molecule has 0 spiro atoms. The van der Waals surface area contributed by atoms with E-state index in [-0.39, 0.29) is 16.7 Å². The van der Waals surface area contributed by atoms with Gasteiger partial charge in [-0.15, -0.1) is 0 Å². The normalized spacial score (nSPS) is 10.4. The lowest BCUT2D eigenvalue weighted by atomic mass is 9.82. The van der Waals surface area contributed by atoms with Crippen LogP contribution in [-0.4, -0.2) is 58.3 Å². The van der Waals surface area contributed by atoms with Gasteiger partial charge in [0.15, 0.2) is 0 Å². The van der Waals surface area contributed by atoms with Gasteiger partial charge in [-0.25, -0.2) is 19.2 Å². The van der Waals surface area contributed by atoms with Crippen molar-refractivity contribution in [2.75, 3.05) is 28.4 Å². The van der Waals surface area contributed by atoms with E-state index in [1.165, 1.54) is 0 Å². The highest BCUT2D eigenvalue weighted by atomic mass is 16.5. The highest BCUT2D eigenvalue weighted by molar-refractivity contribution is 6.20. The Hall–Kier alpha value is -4.73. The van der Waals surface area contributed by atoms with E-state index in [2.05, 4.69) is 0 Å². The van der Waals surface area contributed by atoms with Crippen molar-refractivity contribution in [1.29, 1.82) is 0 Å². The molecule has 10 heteroatoms. The molecule has 3 aromatic rings. The minimum Gasteiger partial charge on any atom is -0.465 e. The van der Waals surface area contributed by atoms with Gasteiger partial charge in [-0.3, -0.25) is 4.79 Å². The van der Waals surface area contributed by atoms with E-state index in [0.29, 0.717) is 10.9 Å². The number of esters is 5. The van der Waals surface area contributed by atoms with E-state index in [9.17, 15) is 24.0 Å². The Bertz CT molecular complexity index is 1420. The van der Waals surface area contributed by atoms with Crippen molar-refractivity contribution in [3.05, 3.63) is 70.3 Å². The first-order chi connectivity index (χ1) is 17.7. The second-order valence-electron chi connectivity index (χ2n) is 7.63. The number of carbonyl (C=O) groups is 5. The van der Waals surface area contributed by atoms with Crippen LogP contribution in [0.2, 0.25) is 0 Å². The molecule has 0 bridgehead atoms. The van der Waals surface area contributed by atoms with Crippen LogP contribution >= 0.6 is 0 Å². The monoisotopic (exact) mass is 508 g/mol. The van der Waals surface area contributed by atoms with Gasteiger partial charge in [-0.05, 0) is 16.3 Å². The van der Waals surface area contributed by atoms with E-state index in [4.69, 9.17) is 23.7 Å². The molecule has 0 fully saturated rings. The molecule has 192 valence electrons. The number of fused-ring (bicyclic) bond motifs is 1. The van der Waals surface area contributed by atoms with E-state index in [1.807, 2.05) is 18.2 Å². The molecule has 10 nitrogen and oxygen atoms in total. The Morgan fingerprint density at radius 3 is 1.68 bits per heavy atom. The fraction of sp³-hybridized carbons (Fsp3) is 0.222. The van der Waals surface area contributed by atoms with Gasteiger partial charge in [0.25, 0.3) is 0 Å². The maximum Gasteiger partial charge on any atom is 0.339 e. The molecule has 0 atom stereocenters. The molecular weight excluding hydrogens is 484 g/mol. The van der Waals surface area contributed by atoms with Gasteiger partial charge in [0.2, 0.25) is 0 Å². The minimum absolute atomic E-state index is 0.0263. The van der Waals surface area contributed by atoms with Gasteiger partial charge in [0, 0.05) is 18.1 Å². The Balaban J connectivity index is 2.74. The molecule has 0 unspecified atom stereocenters. The average Bonchev–Trinajstić information content (AvgIpc) is 2.92. The molecule has 3 rings (SSSR count). The van der Waals surface area contributed by atoms with Crippen LogP contribution in [-0.2, 0) is 35.1 Å². The van der Waals surface area contributed by atoms with Crippen molar-refractivity contribution < 1.29 is 47.7 Å². The molecule has 3 aromatic carbocycles. The third kappa shape index (κ3) is 4.99. The fourth-order valence-electron chi connectivity index (χ4n) is 4.11. The zero-order chi connectivity index (χ0) is 27.3. The van der Waals surface area contributed by atoms with Crippen LogP contribution in [0.25, 0.3) is 21.9 Å². The van der Waals surface area contributed by atoms with Crippen LogP contribution in [0, 0.1) is 0 Å². The van der Waals surface area contributed by atoms with Crippen LogP contribution in [0.5, 0.6) is 0 Å². The van der Waals surface area contributed by atoms with Crippen molar-refractivity contribution in [3.63, 3.8) is 0 Å². The van der Waals surface area contributed by atoms with Gasteiger partial charge < -0.3 is 23.7 Å². The lowest BCUT2D eigenvalue weighted by molar-refractivity contribution is -0.142. The number of hydrogen-bond acceptors (Lipinski definition) is 10. The van der Waals surface area contributed by atoms with Crippen molar-refractivity contribution in [3.8, 4) is 11.1 Å². The molecule has 0 heterocycles. The van der Waals surface area contributed by atoms with Crippen molar-refractivity contribution in [2.24, 2.45) is 0 Å². The second-order valence-corrected chi connectivity index (χ2v) is 7.63. The third-order valence-electron chi connectivity index (χ3n) is 5.64. The Morgan fingerprint density at radius 1 is 0.622 bits per heavy atom. The van der Waals surface area contributed by atoms with Gasteiger partial charge in [0.1, 0.15) is 6.61 Å². The molecule has 0 aromatic heterocycles. The molecule has 0 aliphatic rings. The first-order valence-corrected chi connectivity index (χ1v) is 10.9. The van der Waals surface area contributed by atoms with Crippen LogP contribution < -0.4 is 0 Å². The molecule has 0 saturated heterocycles. The first kappa shape index (κ1) is 26.9. The third-order valence-corrected chi connectivity index (χ3v) is 5.64. The average molecular weight is 508 g/mol. The predicted molar refractivity (Wildman–Crippen MR) is 130 cm³/mol. The maximum absolute atomic E-state index is 13.3. The van der Waals surface area contributed by atoms with Crippen LogP contribution in [0.15, 0.2) is 42.5 Å². The number of ether oxygens (including phenoxy) is 5. The number of hydrogen-bond donors (Lipinski definition) is 0. The SMILES string of the molecule is COC(=O)c1c(COC(C)=O)c(-c2cccc3ccccc23)c(C(=O)OC)c(C(=O)OC)c1C(=O)OC. The molecule has 37 heavy (non-hydrogen) atoms. The van der Waals surface area contributed by atoms with Crippen LogP contribution in [0.4, 0.5) is 0 Å². The fourth-order valence-corrected chi connectivity index (χ4v) is 4.11. The first-order valence-electron chi connectivity index (χ1n) is 10.9. The number of methoxy groups -OCH3 is 4. The zero-order valence-electron chi connectivity index (χ0n) is 20.8. The summed E-state index contributed by atoms with van der Waals surface area (Å²) in [6.07, 6.45) is 0. The second kappa shape index (κ2) is 11.3. The van der Waals surface area contributed by atoms with Gasteiger partial charge in [-0.1, -0.05) is 42.5 Å². The van der Waals surface area contributed by atoms with Gasteiger partial charge in [-0.2, -0.15) is 0 Å². The maximum atomic E-state index is 13.3. The lowest BCUT2D eigenvalue weighted by Crippen LogP contribution is -2.26. The molecule has 0 amide bonds. The standard InChI is InChI=1S/C27H24O10/c1-14(28)37-13-18-19(17-12-8-10-15-9-6-7-11-16(15)17)21(25(30)34-3)23(27(32)36-5)22(26(31)35-4)20(18)24(29)33-2/h6-12H,13H2,1-5H3. The van der Waals surface area contributed by atoms with Gasteiger partial charge >= 0.3 is 29.8 Å². The smallest absolute Gasteiger partial charge is 0.339 e. The number of carbonyl (C=O) groups excluding carboxylic acids is 5. The molecule has 0 N–H and O–H groups in total. The topological polar surface area (TPSA) is 132 Å². The van der Waals surface area contributed by atoms with Crippen molar-refractivity contribution >= 4 is 40.6 Å². The Morgan fingerprint density at radius 2 is 1.11 bits per heavy atom. The minimum atomic E-state index is -1.13. The summed E-state index contributed by atoms with van der Waals surface area (Å²) in [5.41, 5.74) is -1.59. The van der Waals surface area contributed by atoms with Crippen molar-refractivity contribution in [2.45, 2.75) is 13.5 Å². The molecular formula is C27H24O10. The highest BCUT2D eigenvalue weighted by Crippen LogP contribution is 2.41. The van der Waals surface area contributed by atoms with Crippen molar-refractivity contribution in [1.82, 2.24) is 0 Å². The van der Waals surface area contributed by atoms with E-state index < -0.39 is 53.1 Å². The summed E-state index contributed by atoms with van der Waals surface area (Å²) < 4.78 is 24.9. The summed E-state index contributed by atoms with van der Waals surface area (Å²) in [6.45, 7) is 0.606. The van der Waals surface area contributed by atoms with Crippen LogP contribution in [0.3, 0.4) is 0 Å². The highest BCUT2D eigenvalue weighted by Gasteiger charge is 2.38. The summed E-state index contributed by atoms with van der Waals surface area (Å²) in [5, 5.41) is 1.40. The quantitative estimate of drug-likeness (QED) is 0.344. The summed E-state index contributed by atoms with van der Waals surface area (Å²) in [6, 6.07) is 12.4. The van der Waals surface area contributed by atoms with E-state index >= 15 is 0 Å². The molecule has 0 saturated carbocycles. The molecule has 0 aliphatic heterocycles. The molecule has 0 radical (unpaired) electrons. The van der Waals surface area contributed by atoms with Gasteiger partial charge in [0.05, 0.1) is 50.7 Å². The summed E-state index contributed by atoms with van der Waals surface area (Å²) in [4.78, 5) is 64.3. The van der Waals surface area contributed by atoms with Crippen LogP contribution in [0.1, 0.15) is 53.9 Å². The number of rotatable bonds is 7. The Labute approximate surface area is 212 Å². The van der Waals surface area contributed by atoms with E-state index in [0.717, 1.165) is 40.7 Å². The summed E-state index contributed by atoms with van der Waals surface area (Å²) >= 11 is 0. The lowest BCUT2D eigenvalue weighted by Gasteiger charge is -2.23. The van der Waals surface area contributed by atoms with E-state index in [1.54, 1.807) is 24.3 Å². The zero-order valence-corrected chi connectivity index (χ0v) is 20.8. The summed E-state index contributed by atoms with van der Waals surface area (Å²) in [7, 11) is 4.25. The summed E-state index contributed by atoms with van der Waals surface area (Å²) in [5.74, 6) is -4.97.